The number of para-hydroxylation sites is 2. The summed E-state index contributed by atoms with van der Waals surface area (Å²) in [5.74, 6) is 1.49. The number of nitrogens with one attached hydrogen (secondary N) is 1. The van der Waals surface area contributed by atoms with Crippen molar-refractivity contribution in [2.45, 2.75) is 38.6 Å². The second-order valence-electron chi connectivity index (χ2n) is 7.60. The van der Waals surface area contributed by atoms with Crippen molar-refractivity contribution in [1.29, 1.82) is 0 Å². The SMILES string of the molecule is CCc1cc(N2CCC(NC(=O)CCN3C(=O)COc4ccccc43)CC2)ncn1. The number of anilines is 2. The second kappa shape index (κ2) is 9.11. The highest BCUT2D eigenvalue weighted by Gasteiger charge is 2.26. The van der Waals surface area contributed by atoms with Gasteiger partial charge in [-0.1, -0.05) is 19.1 Å². The highest BCUT2D eigenvalue weighted by atomic mass is 16.5. The molecule has 2 aliphatic rings. The number of nitrogens with zero attached hydrogens (tertiary/aromatic N) is 4. The molecule has 1 N–H and O–H groups in total. The number of carbonyl (C=O) groups excluding carboxylic acids is 2. The van der Waals surface area contributed by atoms with Crippen LogP contribution in [0, 0.1) is 0 Å². The number of aromatic nitrogens is 2. The van der Waals surface area contributed by atoms with Crippen LogP contribution in [0.15, 0.2) is 36.7 Å². The van der Waals surface area contributed by atoms with E-state index in [2.05, 4.69) is 27.1 Å². The Morgan fingerprint density at radius 3 is 2.83 bits per heavy atom. The van der Waals surface area contributed by atoms with Crippen molar-refractivity contribution >= 4 is 23.3 Å². The first-order chi connectivity index (χ1) is 14.6. The highest BCUT2D eigenvalue weighted by molar-refractivity contribution is 5.98. The molecule has 1 saturated heterocycles. The maximum atomic E-state index is 12.5. The predicted molar refractivity (Wildman–Crippen MR) is 114 cm³/mol. The fourth-order valence-corrected chi connectivity index (χ4v) is 3.92. The van der Waals surface area contributed by atoms with Crippen molar-refractivity contribution in [2.75, 3.05) is 36.0 Å². The van der Waals surface area contributed by atoms with E-state index in [4.69, 9.17) is 4.74 Å². The average molecular weight is 409 g/mol. The quantitative estimate of drug-likeness (QED) is 0.785. The Labute approximate surface area is 176 Å². The molecule has 1 aromatic heterocycles. The van der Waals surface area contributed by atoms with E-state index in [1.54, 1.807) is 11.2 Å². The molecule has 8 heteroatoms. The van der Waals surface area contributed by atoms with Crippen molar-refractivity contribution in [2.24, 2.45) is 0 Å². The lowest BCUT2D eigenvalue weighted by Gasteiger charge is -2.33. The summed E-state index contributed by atoms with van der Waals surface area (Å²) in [6.07, 6.45) is 4.52. The average Bonchev–Trinajstić information content (AvgIpc) is 2.79. The Balaban J connectivity index is 1.26. The summed E-state index contributed by atoms with van der Waals surface area (Å²) in [6.45, 7) is 4.14. The molecule has 0 spiro atoms. The van der Waals surface area contributed by atoms with Crippen LogP contribution in [0.3, 0.4) is 0 Å². The minimum atomic E-state index is -0.119. The molecule has 158 valence electrons. The van der Waals surface area contributed by atoms with Gasteiger partial charge >= 0.3 is 0 Å². The van der Waals surface area contributed by atoms with Crippen molar-refractivity contribution < 1.29 is 14.3 Å². The van der Waals surface area contributed by atoms with Gasteiger partial charge in [0.25, 0.3) is 5.91 Å². The van der Waals surface area contributed by atoms with Gasteiger partial charge in [-0.25, -0.2) is 9.97 Å². The summed E-state index contributed by atoms with van der Waals surface area (Å²) in [5, 5.41) is 3.12. The van der Waals surface area contributed by atoms with Crippen molar-refractivity contribution in [3.63, 3.8) is 0 Å². The van der Waals surface area contributed by atoms with Crippen LogP contribution < -0.4 is 19.9 Å². The molecule has 0 unspecified atom stereocenters. The zero-order chi connectivity index (χ0) is 20.9. The van der Waals surface area contributed by atoms with Gasteiger partial charge in [0.2, 0.25) is 5.91 Å². The molecule has 0 atom stereocenters. The largest absolute Gasteiger partial charge is 0.482 e. The van der Waals surface area contributed by atoms with E-state index >= 15 is 0 Å². The molecule has 2 aliphatic heterocycles. The topological polar surface area (TPSA) is 87.7 Å². The van der Waals surface area contributed by atoms with E-state index in [9.17, 15) is 9.59 Å². The van der Waals surface area contributed by atoms with Gasteiger partial charge in [0, 0.05) is 43.9 Å². The highest BCUT2D eigenvalue weighted by Crippen LogP contribution is 2.31. The Bertz CT molecular complexity index is 911. The summed E-state index contributed by atoms with van der Waals surface area (Å²) in [7, 11) is 0. The van der Waals surface area contributed by atoms with Crippen LogP contribution in [0.25, 0.3) is 0 Å². The standard InChI is InChI=1S/C22H27N5O3/c1-2-16-13-20(24-15-23-16)26-10-7-17(8-11-26)25-21(28)9-12-27-18-5-3-4-6-19(18)30-14-22(27)29/h3-6,13,15,17H,2,7-12,14H2,1H3,(H,25,28). The van der Waals surface area contributed by atoms with Crippen LogP contribution in [0.4, 0.5) is 11.5 Å². The number of carbonyl (C=O) groups is 2. The number of piperidine rings is 1. The lowest BCUT2D eigenvalue weighted by atomic mass is 10.0. The molecular formula is C22H27N5O3. The van der Waals surface area contributed by atoms with Crippen LogP contribution >= 0.6 is 0 Å². The molecular weight excluding hydrogens is 382 g/mol. The third-order valence-electron chi connectivity index (χ3n) is 5.63. The molecule has 0 aliphatic carbocycles. The number of hydrogen-bond donors (Lipinski definition) is 1. The van der Waals surface area contributed by atoms with E-state index < -0.39 is 0 Å². The molecule has 0 bridgehead atoms. The van der Waals surface area contributed by atoms with E-state index in [1.807, 2.05) is 30.3 Å². The Kier molecular flexibility index (Phi) is 6.11. The van der Waals surface area contributed by atoms with Gasteiger partial charge in [0.1, 0.15) is 17.9 Å². The molecule has 1 aromatic carbocycles. The maximum Gasteiger partial charge on any atom is 0.265 e. The molecule has 8 nitrogen and oxygen atoms in total. The number of ether oxygens (including phenoxy) is 1. The second-order valence-corrected chi connectivity index (χ2v) is 7.60. The van der Waals surface area contributed by atoms with Crippen LogP contribution in [0.2, 0.25) is 0 Å². The molecule has 1 fully saturated rings. The van der Waals surface area contributed by atoms with Gasteiger partial charge in [-0.3, -0.25) is 9.59 Å². The maximum absolute atomic E-state index is 12.5. The first kappa shape index (κ1) is 20.1. The first-order valence-corrected chi connectivity index (χ1v) is 10.5. The normalized spacial score (nSPS) is 16.8. The van der Waals surface area contributed by atoms with Crippen molar-refractivity contribution in [1.82, 2.24) is 15.3 Å². The minimum absolute atomic E-state index is 0.0138. The lowest BCUT2D eigenvalue weighted by molar-refractivity contribution is -0.122. The number of aryl methyl sites for hydroxylation is 1. The fraction of sp³-hybridized carbons (Fsp3) is 0.455. The third kappa shape index (κ3) is 4.53. The Morgan fingerprint density at radius 1 is 1.23 bits per heavy atom. The summed E-state index contributed by atoms with van der Waals surface area (Å²) in [6, 6.07) is 9.60. The summed E-state index contributed by atoms with van der Waals surface area (Å²) < 4.78 is 5.45. The molecule has 0 saturated carbocycles. The van der Waals surface area contributed by atoms with Gasteiger partial charge in [-0.15, -0.1) is 0 Å². The predicted octanol–water partition coefficient (Wildman–Crippen LogP) is 1.94. The van der Waals surface area contributed by atoms with Gasteiger partial charge in [0.05, 0.1) is 5.69 Å². The van der Waals surface area contributed by atoms with Crippen LogP contribution in [-0.4, -0.2) is 54.1 Å². The van der Waals surface area contributed by atoms with Gasteiger partial charge < -0.3 is 19.9 Å². The number of amides is 2. The Morgan fingerprint density at radius 2 is 2.03 bits per heavy atom. The number of fused-ring (bicyclic) bond motifs is 1. The number of rotatable bonds is 6. The van der Waals surface area contributed by atoms with Gasteiger partial charge in [0.15, 0.2) is 6.61 Å². The van der Waals surface area contributed by atoms with E-state index in [0.29, 0.717) is 12.3 Å². The van der Waals surface area contributed by atoms with Gasteiger partial charge in [-0.05, 0) is 31.4 Å². The minimum Gasteiger partial charge on any atom is -0.482 e. The van der Waals surface area contributed by atoms with Crippen LogP contribution in [0.5, 0.6) is 5.75 Å². The van der Waals surface area contributed by atoms with Crippen LogP contribution in [-0.2, 0) is 16.0 Å². The third-order valence-corrected chi connectivity index (χ3v) is 5.63. The zero-order valence-corrected chi connectivity index (χ0v) is 17.2. The number of hydrogen-bond acceptors (Lipinski definition) is 6. The van der Waals surface area contributed by atoms with E-state index in [0.717, 1.165) is 49.6 Å². The molecule has 0 radical (unpaired) electrons. The molecule has 30 heavy (non-hydrogen) atoms. The Hall–Kier alpha value is -3.16. The molecule has 2 amide bonds. The van der Waals surface area contributed by atoms with E-state index in [-0.39, 0.29) is 30.9 Å². The van der Waals surface area contributed by atoms with E-state index in [1.165, 1.54) is 0 Å². The summed E-state index contributed by atoms with van der Waals surface area (Å²) in [5.41, 5.74) is 1.76. The summed E-state index contributed by atoms with van der Waals surface area (Å²) in [4.78, 5) is 37.2. The monoisotopic (exact) mass is 409 g/mol. The fourth-order valence-electron chi connectivity index (χ4n) is 3.92. The molecule has 3 heterocycles. The van der Waals surface area contributed by atoms with Crippen molar-refractivity contribution in [3.05, 3.63) is 42.4 Å². The van der Waals surface area contributed by atoms with Crippen molar-refractivity contribution in [3.8, 4) is 5.75 Å². The number of benzene rings is 1. The molecule has 2 aromatic rings. The zero-order valence-electron chi connectivity index (χ0n) is 17.2. The lowest BCUT2D eigenvalue weighted by Crippen LogP contribution is -2.46. The smallest absolute Gasteiger partial charge is 0.265 e. The van der Waals surface area contributed by atoms with Gasteiger partial charge in [-0.2, -0.15) is 0 Å². The first-order valence-electron chi connectivity index (χ1n) is 10.5. The molecule has 4 rings (SSSR count). The summed E-state index contributed by atoms with van der Waals surface area (Å²) >= 11 is 0. The van der Waals surface area contributed by atoms with Crippen LogP contribution in [0.1, 0.15) is 31.9 Å².